The van der Waals surface area contributed by atoms with Crippen LogP contribution < -0.4 is 0 Å². The number of carbonyl (C=O) groups is 2. The van der Waals surface area contributed by atoms with Crippen molar-refractivity contribution in [3.63, 3.8) is 0 Å². The van der Waals surface area contributed by atoms with Gasteiger partial charge in [-0.15, -0.1) is 0 Å². The highest BCUT2D eigenvalue weighted by Gasteiger charge is 2.34. The topological polar surface area (TPSA) is 60.9 Å². The minimum Gasteiger partial charge on any atom is -0.389 e. The highest BCUT2D eigenvalue weighted by Crippen LogP contribution is 2.20. The predicted molar refractivity (Wildman–Crippen MR) is 88.6 cm³/mol. The molecule has 1 atom stereocenters. The van der Waals surface area contributed by atoms with Crippen LogP contribution in [0.1, 0.15) is 31.9 Å². The second-order valence-electron chi connectivity index (χ2n) is 7.35. The molecule has 0 radical (unpaired) electrons. The van der Waals surface area contributed by atoms with Crippen LogP contribution >= 0.6 is 0 Å². The Morgan fingerprint density at radius 2 is 1.83 bits per heavy atom. The molecule has 1 unspecified atom stereocenters. The molecular weight excluding hydrogens is 292 g/mol. The molecule has 1 aromatic carbocycles. The average Bonchev–Trinajstić information content (AvgIpc) is 2.59. The third-order valence-corrected chi connectivity index (χ3v) is 3.96. The number of carbonyl (C=O) groups excluding carboxylic acids is 2. The summed E-state index contributed by atoms with van der Waals surface area (Å²) < 4.78 is 0. The van der Waals surface area contributed by atoms with Crippen LogP contribution in [-0.2, 0) is 16.1 Å². The fourth-order valence-corrected chi connectivity index (χ4v) is 2.69. The van der Waals surface area contributed by atoms with Gasteiger partial charge >= 0.3 is 0 Å². The van der Waals surface area contributed by atoms with E-state index in [9.17, 15) is 14.7 Å². The van der Waals surface area contributed by atoms with E-state index >= 15 is 0 Å². The van der Waals surface area contributed by atoms with Crippen molar-refractivity contribution in [3.05, 3.63) is 35.4 Å². The van der Waals surface area contributed by atoms with Gasteiger partial charge in [-0.1, -0.05) is 50.6 Å². The number of aryl methyl sites for hydroxylation is 1. The lowest BCUT2D eigenvalue weighted by molar-refractivity contribution is -0.144. The van der Waals surface area contributed by atoms with Crippen molar-refractivity contribution in [1.82, 2.24) is 9.80 Å². The molecule has 126 valence electrons. The molecule has 1 N–H and O–H groups in total. The predicted octanol–water partition coefficient (Wildman–Crippen LogP) is 1.57. The number of aliphatic hydroxyl groups is 1. The number of rotatable bonds is 2. The zero-order chi connectivity index (χ0) is 17.2. The Balaban J connectivity index is 2.11. The van der Waals surface area contributed by atoms with Crippen molar-refractivity contribution in [1.29, 1.82) is 0 Å². The summed E-state index contributed by atoms with van der Waals surface area (Å²) in [6, 6.07) is 7.98. The molecule has 1 aliphatic heterocycles. The zero-order valence-corrected chi connectivity index (χ0v) is 14.4. The molecule has 1 saturated heterocycles. The molecule has 0 spiro atoms. The summed E-state index contributed by atoms with van der Waals surface area (Å²) >= 11 is 0. The lowest BCUT2D eigenvalue weighted by Crippen LogP contribution is -2.44. The largest absolute Gasteiger partial charge is 0.389 e. The van der Waals surface area contributed by atoms with Crippen LogP contribution in [0.15, 0.2) is 24.3 Å². The van der Waals surface area contributed by atoms with E-state index in [1.165, 1.54) is 4.90 Å². The molecule has 1 aromatic rings. The molecular formula is C18H26N2O3. The van der Waals surface area contributed by atoms with Crippen LogP contribution in [0.25, 0.3) is 0 Å². The van der Waals surface area contributed by atoms with Gasteiger partial charge in [-0.3, -0.25) is 9.59 Å². The van der Waals surface area contributed by atoms with Crippen molar-refractivity contribution < 1.29 is 14.7 Å². The Morgan fingerprint density at radius 1 is 1.22 bits per heavy atom. The van der Waals surface area contributed by atoms with Gasteiger partial charge in [-0.25, -0.2) is 0 Å². The minimum atomic E-state index is -0.724. The van der Waals surface area contributed by atoms with E-state index in [0.717, 1.165) is 11.1 Å². The molecule has 1 heterocycles. The van der Waals surface area contributed by atoms with Crippen LogP contribution in [0.5, 0.6) is 0 Å². The lowest BCUT2D eigenvalue weighted by atomic mass is 9.94. The fraction of sp³-hybridized carbons (Fsp3) is 0.556. The van der Waals surface area contributed by atoms with Crippen LogP contribution in [-0.4, -0.2) is 52.5 Å². The Labute approximate surface area is 137 Å². The first-order chi connectivity index (χ1) is 10.7. The number of benzene rings is 1. The van der Waals surface area contributed by atoms with Crippen LogP contribution in [0.4, 0.5) is 0 Å². The Hall–Kier alpha value is -1.88. The summed E-state index contributed by atoms with van der Waals surface area (Å²) in [5.74, 6) is -0.234. The van der Waals surface area contributed by atoms with Gasteiger partial charge in [0.1, 0.15) is 0 Å². The molecule has 5 heteroatoms. The molecule has 2 amide bonds. The summed E-state index contributed by atoms with van der Waals surface area (Å²) in [4.78, 5) is 28.0. The van der Waals surface area contributed by atoms with Gasteiger partial charge in [0.15, 0.2) is 0 Å². The number of β-amino-alcohol motifs (C(OH)–C–C–N with tert-alkyl or cyclic N) is 1. The van der Waals surface area contributed by atoms with Gasteiger partial charge in [0, 0.05) is 25.0 Å². The van der Waals surface area contributed by atoms with Gasteiger partial charge in [0.05, 0.1) is 12.6 Å². The van der Waals surface area contributed by atoms with E-state index in [0.29, 0.717) is 6.54 Å². The molecule has 5 nitrogen and oxygen atoms in total. The maximum absolute atomic E-state index is 12.5. The van der Waals surface area contributed by atoms with E-state index < -0.39 is 11.5 Å². The van der Waals surface area contributed by atoms with Crippen molar-refractivity contribution in [3.8, 4) is 0 Å². The smallest absolute Gasteiger partial charge is 0.242 e. The first-order valence-corrected chi connectivity index (χ1v) is 7.97. The Kier molecular flexibility index (Phi) is 5.09. The van der Waals surface area contributed by atoms with E-state index in [2.05, 4.69) is 0 Å². The highest BCUT2D eigenvalue weighted by molar-refractivity contribution is 5.87. The highest BCUT2D eigenvalue weighted by atomic mass is 16.3. The van der Waals surface area contributed by atoms with Gasteiger partial charge in [-0.05, 0) is 12.5 Å². The second-order valence-corrected chi connectivity index (χ2v) is 7.35. The summed E-state index contributed by atoms with van der Waals surface area (Å²) in [7, 11) is 0. The monoisotopic (exact) mass is 318 g/mol. The van der Waals surface area contributed by atoms with E-state index in [1.54, 1.807) is 4.90 Å². The first-order valence-electron chi connectivity index (χ1n) is 7.97. The molecule has 23 heavy (non-hydrogen) atoms. The zero-order valence-electron chi connectivity index (χ0n) is 14.4. The van der Waals surface area contributed by atoms with Crippen LogP contribution in [0.3, 0.4) is 0 Å². The summed E-state index contributed by atoms with van der Waals surface area (Å²) in [5.41, 5.74) is 1.62. The quantitative estimate of drug-likeness (QED) is 0.900. The standard InChI is InChI=1S/C18H26N2O3/c1-13-5-7-14(8-6-13)9-19-10-15(21)11-20(12-16(19)22)17(23)18(2,3)4/h5-8,15,21H,9-12H2,1-4H3. The number of hydrogen-bond donors (Lipinski definition) is 1. The molecule has 0 aliphatic carbocycles. The molecule has 0 aromatic heterocycles. The van der Waals surface area contributed by atoms with Gasteiger partial charge in [0.2, 0.25) is 11.8 Å². The molecule has 1 aliphatic rings. The van der Waals surface area contributed by atoms with Gasteiger partial charge in [0.25, 0.3) is 0 Å². The summed E-state index contributed by atoms with van der Waals surface area (Å²) in [6.07, 6.45) is -0.724. The molecule has 0 bridgehead atoms. The third-order valence-electron chi connectivity index (χ3n) is 3.96. The number of hydrogen-bond acceptors (Lipinski definition) is 3. The van der Waals surface area contributed by atoms with Crippen LogP contribution in [0.2, 0.25) is 0 Å². The van der Waals surface area contributed by atoms with E-state index in [-0.39, 0.29) is 31.4 Å². The van der Waals surface area contributed by atoms with Crippen molar-refractivity contribution >= 4 is 11.8 Å². The molecule has 0 saturated carbocycles. The molecule has 2 rings (SSSR count). The minimum absolute atomic E-state index is 0.0268. The number of amides is 2. The molecule has 1 fully saturated rings. The number of aliphatic hydroxyl groups excluding tert-OH is 1. The summed E-state index contributed by atoms with van der Waals surface area (Å²) in [6.45, 7) is 8.41. The number of nitrogens with zero attached hydrogens (tertiary/aromatic N) is 2. The second kappa shape index (κ2) is 6.71. The van der Waals surface area contributed by atoms with Gasteiger partial charge < -0.3 is 14.9 Å². The van der Waals surface area contributed by atoms with Gasteiger partial charge in [-0.2, -0.15) is 0 Å². The summed E-state index contributed by atoms with van der Waals surface area (Å²) in [5, 5.41) is 10.2. The van der Waals surface area contributed by atoms with E-state index in [4.69, 9.17) is 0 Å². The fourth-order valence-electron chi connectivity index (χ4n) is 2.69. The SMILES string of the molecule is Cc1ccc(CN2CC(O)CN(C(=O)C(C)(C)C)CC2=O)cc1. The third kappa shape index (κ3) is 4.55. The van der Waals surface area contributed by atoms with E-state index in [1.807, 2.05) is 52.0 Å². The first kappa shape index (κ1) is 17.5. The maximum Gasteiger partial charge on any atom is 0.242 e. The van der Waals surface area contributed by atoms with Crippen molar-refractivity contribution in [2.45, 2.75) is 40.3 Å². The normalized spacial score (nSPS) is 19.7. The van der Waals surface area contributed by atoms with Crippen molar-refractivity contribution in [2.24, 2.45) is 5.41 Å². The van der Waals surface area contributed by atoms with Crippen molar-refractivity contribution in [2.75, 3.05) is 19.6 Å². The lowest BCUT2D eigenvalue weighted by Gasteiger charge is -2.28. The Morgan fingerprint density at radius 3 is 2.39 bits per heavy atom. The van der Waals surface area contributed by atoms with Crippen LogP contribution in [0, 0.1) is 12.3 Å². The average molecular weight is 318 g/mol. The Bertz CT molecular complexity index is 575. The maximum atomic E-state index is 12.5.